The van der Waals surface area contributed by atoms with E-state index in [2.05, 4.69) is 10.3 Å². The second-order valence-corrected chi connectivity index (χ2v) is 4.61. The number of nitrogens with one attached hydrogen (secondary N) is 1. The first kappa shape index (κ1) is 17.2. The molecule has 124 valence electrons. The van der Waals surface area contributed by atoms with Gasteiger partial charge in [0, 0.05) is 12.4 Å². The van der Waals surface area contributed by atoms with Crippen LogP contribution in [0.1, 0.15) is 19.4 Å². The molecular weight excluding hydrogens is 306 g/mol. The van der Waals surface area contributed by atoms with E-state index in [-0.39, 0.29) is 5.70 Å². The van der Waals surface area contributed by atoms with Crippen molar-refractivity contribution in [1.82, 2.24) is 10.3 Å². The van der Waals surface area contributed by atoms with Crippen molar-refractivity contribution in [2.75, 3.05) is 12.0 Å². The SMILES string of the molecule is CC.COc1ccc(N2C(=O)N/C(=C\c3ccncc3)C2=O)cc1. The molecule has 1 aliphatic rings. The standard InChI is InChI=1S/C16H13N3O3.C2H6/c1-22-13-4-2-12(3-5-13)19-15(20)14(18-16(19)21)10-11-6-8-17-9-7-11;1-2/h2-10H,1H3,(H,18,21);1-2H3/b14-10-;. The van der Waals surface area contributed by atoms with Gasteiger partial charge in [0.25, 0.3) is 5.91 Å². The first-order valence-electron chi connectivity index (χ1n) is 7.60. The number of rotatable bonds is 3. The maximum absolute atomic E-state index is 12.4. The van der Waals surface area contributed by atoms with Gasteiger partial charge in [0.2, 0.25) is 0 Å². The van der Waals surface area contributed by atoms with Crippen LogP contribution in [0.5, 0.6) is 5.75 Å². The first-order chi connectivity index (χ1) is 11.7. The summed E-state index contributed by atoms with van der Waals surface area (Å²) in [7, 11) is 1.55. The van der Waals surface area contributed by atoms with Gasteiger partial charge >= 0.3 is 6.03 Å². The second kappa shape index (κ2) is 7.92. The number of anilines is 1. The van der Waals surface area contributed by atoms with Gasteiger partial charge in [-0.3, -0.25) is 9.78 Å². The number of carbonyl (C=O) groups excluding carboxylic acids is 2. The Morgan fingerprint density at radius 3 is 2.25 bits per heavy atom. The minimum atomic E-state index is -0.476. The summed E-state index contributed by atoms with van der Waals surface area (Å²) in [5.41, 5.74) is 1.50. The van der Waals surface area contributed by atoms with E-state index < -0.39 is 11.9 Å². The number of aromatic nitrogens is 1. The second-order valence-electron chi connectivity index (χ2n) is 4.61. The van der Waals surface area contributed by atoms with Crippen LogP contribution < -0.4 is 15.0 Å². The summed E-state index contributed by atoms with van der Waals surface area (Å²) in [5, 5.41) is 2.58. The number of urea groups is 1. The molecule has 1 N–H and O–H groups in total. The lowest BCUT2D eigenvalue weighted by atomic mass is 10.2. The molecule has 1 saturated heterocycles. The van der Waals surface area contributed by atoms with E-state index in [1.165, 1.54) is 0 Å². The average molecular weight is 325 g/mol. The zero-order valence-electron chi connectivity index (χ0n) is 13.8. The van der Waals surface area contributed by atoms with Crippen molar-refractivity contribution in [3.63, 3.8) is 0 Å². The molecule has 0 spiro atoms. The van der Waals surface area contributed by atoms with Crippen LogP contribution in [0.25, 0.3) is 6.08 Å². The van der Waals surface area contributed by atoms with Crippen molar-refractivity contribution in [2.45, 2.75) is 13.8 Å². The maximum Gasteiger partial charge on any atom is 0.333 e. The van der Waals surface area contributed by atoms with Crippen LogP contribution >= 0.6 is 0 Å². The molecule has 2 aromatic rings. The van der Waals surface area contributed by atoms with Crippen molar-refractivity contribution < 1.29 is 14.3 Å². The topological polar surface area (TPSA) is 71.5 Å². The van der Waals surface area contributed by atoms with Crippen LogP contribution in [0.4, 0.5) is 10.5 Å². The molecule has 2 heterocycles. The largest absolute Gasteiger partial charge is 0.497 e. The van der Waals surface area contributed by atoms with Crippen LogP contribution in [-0.2, 0) is 4.79 Å². The number of methoxy groups -OCH3 is 1. The van der Waals surface area contributed by atoms with E-state index in [1.54, 1.807) is 62.0 Å². The normalized spacial score (nSPS) is 15.0. The van der Waals surface area contributed by atoms with Crippen molar-refractivity contribution >= 4 is 23.7 Å². The van der Waals surface area contributed by atoms with Crippen LogP contribution in [0.2, 0.25) is 0 Å². The molecule has 6 heteroatoms. The van der Waals surface area contributed by atoms with E-state index >= 15 is 0 Å². The molecule has 24 heavy (non-hydrogen) atoms. The molecule has 6 nitrogen and oxygen atoms in total. The molecule has 1 aliphatic heterocycles. The number of ether oxygens (including phenoxy) is 1. The van der Waals surface area contributed by atoms with Gasteiger partial charge in [-0.1, -0.05) is 13.8 Å². The first-order valence-corrected chi connectivity index (χ1v) is 7.60. The Morgan fingerprint density at radius 2 is 1.67 bits per heavy atom. The number of pyridine rings is 1. The fraction of sp³-hybridized carbons (Fsp3) is 0.167. The number of amides is 3. The number of benzene rings is 1. The van der Waals surface area contributed by atoms with Gasteiger partial charge in [-0.15, -0.1) is 0 Å². The summed E-state index contributed by atoms with van der Waals surface area (Å²) >= 11 is 0. The van der Waals surface area contributed by atoms with Gasteiger partial charge < -0.3 is 10.1 Å². The Kier molecular flexibility index (Phi) is 5.68. The van der Waals surface area contributed by atoms with Crippen molar-refractivity contribution in [1.29, 1.82) is 0 Å². The molecule has 0 saturated carbocycles. The molecular formula is C18H19N3O3. The van der Waals surface area contributed by atoms with Gasteiger partial charge in [-0.2, -0.15) is 0 Å². The van der Waals surface area contributed by atoms with Gasteiger partial charge in [0.1, 0.15) is 11.4 Å². The molecule has 1 aromatic heterocycles. The summed E-state index contributed by atoms with van der Waals surface area (Å²) in [6.07, 6.45) is 4.86. The Labute approximate surface area is 140 Å². The summed E-state index contributed by atoms with van der Waals surface area (Å²) in [6.45, 7) is 4.00. The zero-order valence-corrected chi connectivity index (χ0v) is 13.8. The van der Waals surface area contributed by atoms with E-state index in [0.29, 0.717) is 11.4 Å². The monoisotopic (exact) mass is 325 g/mol. The highest BCUT2D eigenvalue weighted by atomic mass is 16.5. The van der Waals surface area contributed by atoms with Gasteiger partial charge in [0.05, 0.1) is 12.8 Å². The smallest absolute Gasteiger partial charge is 0.333 e. The summed E-state index contributed by atoms with van der Waals surface area (Å²) in [6, 6.07) is 9.74. The molecule has 1 fully saturated rings. The predicted molar refractivity (Wildman–Crippen MR) is 92.6 cm³/mol. The zero-order chi connectivity index (χ0) is 17.5. The van der Waals surface area contributed by atoms with E-state index in [4.69, 9.17) is 4.74 Å². The third-order valence-electron chi connectivity index (χ3n) is 3.23. The highest BCUT2D eigenvalue weighted by Gasteiger charge is 2.34. The Hall–Kier alpha value is -3.15. The highest BCUT2D eigenvalue weighted by molar-refractivity contribution is 6.28. The molecule has 3 rings (SSSR count). The highest BCUT2D eigenvalue weighted by Crippen LogP contribution is 2.24. The summed E-state index contributed by atoms with van der Waals surface area (Å²) in [4.78, 5) is 29.5. The van der Waals surface area contributed by atoms with E-state index in [0.717, 1.165) is 10.5 Å². The van der Waals surface area contributed by atoms with Crippen LogP contribution in [-0.4, -0.2) is 24.0 Å². The number of carbonyl (C=O) groups is 2. The van der Waals surface area contributed by atoms with Gasteiger partial charge in [-0.25, -0.2) is 9.69 Å². The van der Waals surface area contributed by atoms with Gasteiger partial charge in [0.15, 0.2) is 0 Å². The molecule has 0 unspecified atom stereocenters. The number of imide groups is 1. The lowest BCUT2D eigenvalue weighted by Gasteiger charge is -2.12. The Morgan fingerprint density at radius 1 is 1.04 bits per heavy atom. The maximum atomic E-state index is 12.4. The van der Waals surface area contributed by atoms with Gasteiger partial charge in [-0.05, 0) is 48.0 Å². The fourth-order valence-corrected chi connectivity index (χ4v) is 2.13. The molecule has 0 atom stereocenters. The fourth-order valence-electron chi connectivity index (χ4n) is 2.13. The summed E-state index contributed by atoms with van der Waals surface area (Å²) < 4.78 is 5.06. The minimum Gasteiger partial charge on any atom is -0.497 e. The molecule has 3 amide bonds. The molecule has 0 radical (unpaired) electrons. The predicted octanol–water partition coefficient (Wildman–Crippen LogP) is 3.21. The van der Waals surface area contributed by atoms with Crippen LogP contribution in [0.3, 0.4) is 0 Å². The third kappa shape index (κ3) is 3.60. The Bertz CT molecular complexity index is 740. The minimum absolute atomic E-state index is 0.229. The molecule has 0 bridgehead atoms. The van der Waals surface area contributed by atoms with E-state index in [9.17, 15) is 9.59 Å². The quantitative estimate of drug-likeness (QED) is 0.695. The van der Waals surface area contributed by atoms with Crippen LogP contribution in [0, 0.1) is 0 Å². The van der Waals surface area contributed by atoms with Crippen molar-refractivity contribution in [3.05, 3.63) is 60.1 Å². The Balaban J connectivity index is 0.00000100. The molecule has 1 aromatic carbocycles. The average Bonchev–Trinajstić information content (AvgIpc) is 2.91. The number of hydrogen-bond donors (Lipinski definition) is 1. The van der Waals surface area contributed by atoms with Crippen molar-refractivity contribution in [3.8, 4) is 5.75 Å². The third-order valence-corrected chi connectivity index (χ3v) is 3.23. The lowest BCUT2D eigenvalue weighted by molar-refractivity contribution is -0.113. The number of hydrogen-bond acceptors (Lipinski definition) is 4. The van der Waals surface area contributed by atoms with Crippen LogP contribution in [0.15, 0.2) is 54.5 Å². The molecule has 0 aliphatic carbocycles. The number of nitrogens with zero attached hydrogens (tertiary/aromatic N) is 2. The summed E-state index contributed by atoms with van der Waals surface area (Å²) in [5.74, 6) is 0.260. The lowest BCUT2D eigenvalue weighted by Crippen LogP contribution is -2.30. The van der Waals surface area contributed by atoms with E-state index in [1.807, 2.05) is 13.8 Å². The van der Waals surface area contributed by atoms with Crippen molar-refractivity contribution in [2.24, 2.45) is 0 Å².